The van der Waals surface area contributed by atoms with Crippen LogP contribution in [0.5, 0.6) is 0 Å². The molecule has 1 atom stereocenters. The molecule has 1 aliphatic heterocycles. The van der Waals surface area contributed by atoms with E-state index in [1.807, 2.05) is 19.9 Å². The molecule has 1 aromatic rings. The first kappa shape index (κ1) is 22.5. The Balaban J connectivity index is 0.000000941. The molecule has 1 aromatic carbocycles. The normalized spacial score (nSPS) is 20.9. The van der Waals surface area contributed by atoms with Crippen molar-refractivity contribution in [2.75, 3.05) is 6.61 Å². The van der Waals surface area contributed by atoms with E-state index in [0.29, 0.717) is 23.3 Å². The molecular weight excluding hydrogens is 385 g/mol. The average Bonchev–Trinajstić information content (AvgIpc) is 2.59. The van der Waals surface area contributed by atoms with Gasteiger partial charge < -0.3 is 15.6 Å². The van der Waals surface area contributed by atoms with E-state index < -0.39 is 17.7 Å². The van der Waals surface area contributed by atoms with Crippen LogP contribution in [0.3, 0.4) is 0 Å². The van der Waals surface area contributed by atoms with Gasteiger partial charge in [0, 0.05) is 25.0 Å². The Kier molecular flexibility index (Phi) is 6.43. The Labute approximate surface area is 167 Å². The van der Waals surface area contributed by atoms with Crippen LogP contribution in [-0.4, -0.2) is 17.5 Å². The van der Waals surface area contributed by atoms with Crippen LogP contribution < -0.4 is 5.73 Å². The summed E-state index contributed by atoms with van der Waals surface area (Å²) in [4.78, 5) is 12.7. The topological polar surface area (TPSA) is 96.3 Å². The Hall–Kier alpha value is -2.79. The molecule has 3 N–H and O–H groups in total. The Bertz CT molecular complexity index is 891. The van der Waals surface area contributed by atoms with Crippen molar-refractivity contribution in [1.82, 2.24) is 0 Å². The maximum Gasteiger partial charge on any atom is 0.416 e. The van der Waals surface area contributed by atoms with E-state index >= 15 is 0 Å². The number of hydrogen-bond acceptors (Lipinski definition) is 5. The molecule has 2 aliphatic rings. The molecule has 0 amide bonds. The first-order chi connectivity index (χ1) is 13.4. The summed E-state index contributed by atoms with van der Waals surface area (Å²) >= 11 is 0. The molecule has 156 valence electrons. The number of carbonyl (C=O) groups is 1. The number of allylic oxidation sites excluding steroid dienone is 3. The molecule has 5 nitrogen and oxygen atoms in total. The van der Waals surface area contributed by atoms with Gasteiger partial charge in [0.2, 0.25) is 5.88 Å². The highest BCUT2D eigenvalue weighted by Crippen LogP contribution is 2.48. The third-order valence-corrected chi connectivity index (χ3v) is 4.65. The molecule has 29 heavy (non-hydrogen) atoms. The number of nitrogens with zero attached hydrogens (tertiary/aromatic N) is 1. The van der Waals surface area contributed by atoms with E-state index in [4.69, 9.17) is 15.6 Å². The summed E-state index contributed by atoms with van der Waals surface area (Å²) < 4.78 is 44.0. The van der Waals surface area contributed by atoms with Crippen LogP contribution in [0, 0.1) is 16.7 Å². The average molecular weight is 408 g/mol. The van der Waals surface area contributed by atoms with Gasteiger partial charge in [-0.3, -0.25) is 4.79 Å². The number of halogens is 3. The summed E-state index contributed by atoms with van der Waals surface area (Å²) in [5, 5.41) is 17.0. The van der Waals surface area contributed by atoms with Gasteiger partial charge >= 0.3 is 6.18 Å². The van der Waals surface area contributed by atoms with Crippen LogP contribution >= 0.6 is 0 Å². The van der Waals surface area contributed by atoms with E-state index in [1.54, 1.807) is 6.92 Å². The van der Waals surface area contributed by atoms with Crippen LogP contribution in [-0.2, 0) is 15.7 Å². The third kappa shape index (κ3) is 4.80. The van der Waals surface area contributed by atoms with Gasteiger partial charge in [-0.05, 0) is 30.0 Å². The van der Waals surface area contributed by atoms with E-state index in [1.165, 1.54) is 12.1 Å². The molecule has 0 bridgehead atoms. The third-order valence-electron chi connectivity index (χ3n) is 4.65. The number of nitrogens with two attached hydrogens (primary N) is 1. The first-order valence-corrected chi connectivity index (χ1v) is 9.07. The van der Waals surface area contributed by atoms with E-state index in [2.05, 4.69) is 0 Å². The smallest absolute Gasteiger partial charge is 0.416 e. The molecule has 3 rings (SSSR count). The summed E-state index contributed by atoms with van der Waals surface area (Å²) in [5.74, 6) is -0.703. The minimum atomic E-state index is -4.46. The lowest BCUT2D eigenvalue weighted by Crippen LogP contribution is -2.33. The second-order valence-electron chi connectivity index (χ2n) is 7.64. The number of alkyl halides is 3. The van der Waals surface area contributed by atoms with Crippen molar-refractivity contribution in [3.8, 4) is 6.07 Å². The number of hydrogen-bond donors (Lipinski definition) is 2. The highest BCUT2D eigenvalue weighted by molar-refractivity contribution is 6.00. The molecule has 1 heterocycles. The SMILES string of the molecule is CC1(C)CC(=O)C2=C(C1)OC(N)=C(C#N)C2c1ccc(C(F)(F)F)cc1.CCO. The summed E-state index contributed by atoms with van der Waals surface area (Å²) in [5.41, 5.74) is 5.51. The highest BCUT2D eigenvalue weighted by atomic mass is 19.4. The van der Waals surface area contributed by atoms with Crippen LogP contribution in [0.4, 0.5) is 13.2 Å². The predicted octanol–water partition coefficient (Wildman–Crippen LogP) is 4.15. The Morgan fingerprint density at radius 3 is 2.31 bits per heavy atom. The van der Waals surface area contributed by atoms with Crippen molar-refractivity contribution in [3.63, 3.8) is 0 Å². The summed E-state index contributed by atoms with van der Waals surface area (Å²) in [6.45, 7) is 5.77. The van der Waals surface area contributed by atoms with Crippen LogP contribution in [0.1, 0.15) is 50.7 Å². The Morgan fingerprint density at radius 1 is 1.28 bits per heavy atom. The number of benzene rings is 1. The Morgan fingerprint density at radius 2 is 1.83 bits per heavy atom. The number of Topliss-reactive ketones (excluding diaryl/α,β-unsaturated/α-hetero) is 1. The molecule has 1 aliphatic carbocycles. The van der Waals surface area contributed by atoms with Crippen LogP contribution in [0.15, 0.2) is 47.1 Å². The molecule has 0 radical (unpaired) electrons. The quantitative estimate of drug-likeness (QED) is 0.728. The number of rotatable bonds is 1. The van der Waals surface area contributed by atoms with Gasteiger partial charge in [-0.1, -0.05) is 26.0 Å². The molecule has 8 heteroatoms. The number of aliphatic hydroxyl groups excluding tert-OH is 1. The maximum atomic E-state index is 12.8. The van der Waals surface area contributed by atoms with Crippen LogP contribution in [0.25, 0.3) is 0 Å². The van der Waals surface area contributed by atoms with Gasteiger partial charge in [0.1, 0.15) is 17.4 Å². The standard InChI is InChI=1S/C19H17F3N2O2.C2H6O/c1-18(2)7-13(25)16-14(8-18)26-17(24)12(9-23)15(16)10-3-5-11(6-4-10)19(20,21)22;1-2-3/h3-6,15H,7-8,24H2,1-2H3;3H,2H2,1H3. The van der Waals surface area contributed by atoms with Crippen molar-refractivity contribution in [2.45, 2.75) is 45.7 Å². The molecule has 0 saturated carbocycles. The minimum Gasteiger partial charge on any atom is -0.444 e. The van der Waals surface area contributed by atoms with Crippen molar-refractivity contribution < 1.29 is 27.8 Å². The largest absolute Gasteiger partial charge is 0.444 e. The lowest BCUT2D eigenvalue weighted by Gasteiger charge is -2.37. The molecule has 1 unspecified atom stereocenters. The predicted molar refractivity (Wildman–Crippen MR) is 99.9 cm³/mol. The van der Waals surface area contributed by atoms with E-state index in [9.17, 15) is 23.2 Å². The van der Waals surface area contributed by atoms with Gasteiger partial charge in [0.05, 0.1) is 11.5 Å². The van der Waals surface area contributed by atoms with Crippen molar-refractivity contribution >= 4 is 5.78 Å². The fraction of sp³-hybridized carbons (Fsp3) is 0.429. The lowest BCUT2D eigenvalue weighted by molar-refractivity contribution is -0.137. The van der Waals surface area contributed by atoms with Crippen LogP contribution in [0.2, 0.25) is 0 Å². The zero-order valence-corrected chi connectivity index (χ0v) is 16.4. The number of carbonyl (C=O) groups excluding carboxylic acids is 1. The number of aliphatic hydroxyl groups is 1. The maximum absolute atomic E-state index is 12.8. The fourth-order valence-electron chi connectivity index (χ4n) is 3.48. The van der Waals surface area contributed by atoms with Gasteiger partial charge in [0.25, 0.3) is 0 Å². The first-order valence-electron chi connectivity index (χ1n) is 9.07. The zero-order chi connectivity index (χ0) is 22.0. The van der Waals surface area contributed by atoms with Crippen molar-refractivity contribution in [2.24, 2.45) is 11.1 Å². The van der Waals surface area contributed by atoms with Crippen molar-refractivity contribution in [3.05, 3.63) is 58.2 Å². The molecule has 0 saturated heterocycles. The summed E-state index contributed by atoms with van der Waals surface area (Å²) in [6, 6.07) is 6.38. The molecular formula is C21H23F3N2O3. The van der Waals surface area contributed by atoms with Gasteiger partial charge in [-0.2, -0.15) is 18.4 Å². The summed E-state index contributed by atoms with van der Waals surface area (Å²) in [7, 11) is 0. The van der Waals surface area contributed by atoms with Gasteiger partial charge in [-0.25, -0.2) is 0 Å². The number of ketones is 1. The molecule has 0 fully saturated rings. The summed E-state index contributed by atoms with van der Waals surface area (Å²) in [6.07, 6.45) is -3.73. The van der Waals surface area contributed by atoms with E-state index in [0.717, 1.165) is 12.1 Å². The van der Waals surface area contributed by atoms with E-state index in [-0.39, 0.29) is 35.7 Å². The second-order valence-corrected chi connectivity index (χ2v) is 7.64. The monoisotopic (exact) mass is 408 g/mol. The fourth-order valence-corrected chi connectivity index (χ4v) is 3.48. The highest BCUT2D eigenvalue weighted by Gasteiger charge is 2.43. The van der Waals surface area contributed by atoms with Gasteiger partial charge in [-0.15, -0.1) is 0 Å². The van der Waals surface area contributed by atoms with Gasteiger partial charge in [0.15, 0.2) is 5.78 Å². The zero-order valence-electron chi connectivity index (χ0n) is 16.4. The second kappa shape index (κ2) is 8.29. The molecule has 0 aromatic heterocycles. The van der Waals surface area contributed by atoms with Crippen molar-refractivity contribution in [1.29, 1.82) is 5.26 Å². The number of nitriles is 1. The molecule has 0 spiro atoms. The lowest BCUT2D eigenvalue weighted by atomic mass is 9.70. The number of ether oxygens (including phenoxy) is 1. The minimum absolute atomic E-state index is 0.0385.